The highest BCUT2D eigenvalue weighted by Crippen LogP contribution is 2.37. The zero-order chi connectivity index (χ0) is 17.2. The summed E-state index contributed by atoms with van der Waals surface area (Å²) in [6.07, 6.45) is 2.08. The number of rotatable bonds is 3. The van der Waals surface area contributed by atoms with E-state index in [9.17, 15) is 4.39 Å². The molecule has 2 heterocycles. The second kappa shape index (κ2) is 6.90. The molecular formula is C20H15ClFNOS. The van der Waals surface area contributed by atoms with Crippen LogP contribution in [0.25, 0.3) is 5.76 Å². The van der Waals surface area contributed by atoms with Crippen molar-refractivity contribution in [3.05, 3.63) is 93.4 Å². The minimum Gasteiger partial charge on any atom is -0.473 e. The van der Waals surface area contributed by atoms with Crippen LogP contribution in [0.15, 0.2) is 72.1 Å². The molecule has 0 saturated carbocycles. The van der Waals surface area contributed by atoms with Gasteiger partial charge in [-0.25, -0.2) is 4.39 Å². The normalized spacial score (nSPS) is 17.1. The summed E-state index contributed by atoms with van der Waals surface area (Å²) in [6, 6.07) is 18.3. The van der Waals surface area contributed by atoms with Crippen LogP contribution in [0.2, 0.25) is 5.02 Å². The van der Waals surface area contributed by atoms with Crippen LogP contribution in [0, 0.1) is 5.82 Å². The molecule has 0 aliphatic carbocycles. The molecule has 0 bridgehead atoms. The summed E-state index contributed by atoms with van der Waals surface area (Å²) >= 11 is 7.72. The van der Waals surface area contributed by atoms with Crippen LogP contribution in [0.3, 0.4) is 0 Å². The van der Waals surface area contributed by atoms with E-state index in [1.165, 1.54) is 17.0 Å². The molecule has 0 saturated heterocycles. The van der Waals surface area contributed by atoms with Gasteiger partial charge in [0.25, 0.3) is 0 Å². The number of benzene rings is 2. The van der Waals surface area contributed by atoms with Crippen molar-refractivity contribution >= 4 is 34.4 Å². The van der Waals surface area contributed by atoms with Gasteiger partial charge in [-0.3, -0.25) is 0 Å². The quantitative estimate of drug-likeness (QED) is 0.550. The number of anilines is 1. The number of ether oxygens (including phenoxy) is 1. The maximum Gasteiger partial charge on any atom is 0.162 e. The molecule has 0 N–H and O–H groups in total. The SMILES string of the molecule is Fc1ccc(C2=CC(c3cccs3)N(c3ccc(Cl)cc3)CO2)cc1. The van der Waals surface area contributed by atoms with Gasteiger partial charge in [-0.2, -0.15) is 0 Å². The first-order valence-corrected chi connectivity index (χ1v) is 9.13. The Bertz CT molecular complexity index is 875. The molecule has 1 aliphatic heterocycles. The number of hydrogen-bond acceptors (Lipinski definition) is 3. The highest BCUT2D eigenvalue weighted by Gasteiger charge is 2.26. The van der Waals surface area contributed by atoms with E-state index in [-0.39, 0.29) is 11.9 Å². The highest BCUT2D eigenvalue weighted by molar-refractivity contribution is 7.10. The third-order valence-electron chi connectivity index (χ3n) is 4.13. The third-order valence-corrected chi connectivity index (χ3v) is 5.32. The van der Waals surface area contributed by atoms with Crippen LogP contribution in [0.5, 0.6) is 0 Å². The van der Waals surface area contributed by atoms with E-state index in [0.717, 1.165) is 17.0 Å². The average Bonchev–Trinajstić information content (AvgIpc) is 3.17. The van der Waals surface area contributed by atoms with Gasteiger partial charge >= 0.3 is 0 Å². The zero-order valence-electron chi connectivity index (χ0n) is 13.2. The topological polar surface area (TPSA) is 12.5 Å². The molecular weight excluding hydrogens is 357 g/mol. The Hall–Kier alpha value is -2.30. The Balaban J connectivity index is 1.72. The van der Waals surface area contributed by atoms with Crippen molar-refractivity contribution < 1.29 is 9.13 Å². The number of halogens is 2. The lowest BCUT2D eigenvalue weighted by Gasteiger charge is -2.35. The van der Waals surface area contributed by atoms with Crippen molar-refractivity contribution in [3.8, 4) is 0 Å². The molecule has 0 amide bonds. The van der Waals surface area contributed by atoms with E-state index in [0.29, 0.717) is 11.8 Å². The molecule has 5 heteroatoms. The van der Waals surface area contributed by atoms with Crippen molar-refractivity contribution in [1.82, 2.24) is 0 Å². The van der Waals surface area contributed by atoms with Crippen molar-refractivity contribution in [2.24, 2.45) is 0 Å². The molecule has 0 radical (unpaired) electrons. The van der Waals surface area contributed by atoms with Gasteiger partial charge in [-0.15, -0.1) is 11.3 Å². The molecule has 1 unspecified atom stereocenters. The van der Waals surface area contributed by atoms with E-state index in [1.54, 1.807) is 23.5 Å². The molecule has 2 nitrogen and oxygen atoms in total. The summed E-state index contributed by atoms with van der Waals surface area (Å²) in [5, 5.41) is 2.77. The van der Waals surface area contributed by atoms with Crippen molar-refractivity contribution in [1.29, 1.82) is 0 Å². The summed E-state index contributed by atoms with van der Waals surface area (Å²) in [7, 11) is 0. The Morgan fingerprint density at radius 3 is 2.48 bits per heavy atom. The molecule has 1 aromatic heterocycles. The summed E-state index contributed by atoms with van der Waals surface area (Å²) in [5.41, 5.74) is 1.91. The lowest BCUT2D eigenvalue weighted by Crippen LogP contribution is -2.32. The van der Waals surface area contributed by atoms with Crippen molar-refractivity contribution in [2.45, 2.75) is 6.04 Å². The first-order chi connectivity index (χ1) is 12.2. The van der Waals surface area contributed by atoms with E-state index >= 15 is 0 Å². The van der Waals surface area contributed by atoms with Gasteiger partial charge in [-0.1, -0.05) is 17.7 Å². The first-order valence-electron chi connectivity index (χ1n) is 7.87. The fourth-order valence-corrected chi connectivity index (χ4v) is 3.79. The fraction of sp³-hybridized carbons (Fsp3) is 0.100. The van der Waals surface area contributed by atoms with Crippen molar-refractivity contribution in [3.63, 3.8) is 0 Å². The minimum atomic E-state index is -0.252. The van der Waals surface area contributed by atoms with Crippen molar-refractivity contribution in [2.75, 3.05) is 11.6 Å². The molecule has 0 spiro atoms. The highest BCUT2D eigenvalue weighted by atomic mass is 35.5. The van der Waals surface area contributed by atoms with Gasteiger partial charge < -0.3 is 9.64 Å². The van der Waals surface area contributed by atoms with Crippen LogP contribution in [-0.2, 0) is 4.74 Å². The second-order valence-corrected chi connectivity index (χ2v) is 7.13. The molecule has 2 aromatic carbocycles. The second-order valence-electron chi connectivity index (χ2n) is 5.72. The summed E-state index contributed by atoms with van der Waals surface area (Å²) in [6.45, 7) is 0.410. The minimum absolute atomic E-state index is 0.0509. The van der Waals surface area contributed by atoms with Crippen LogP contribution in [0.1, 0.15) is 16.5 Å². The van der Waals surface area contributed by atoms with Crippen LogP contribution in [-0.4, -0.2) is 6.73 Å². The predicted molar refractivity (Wildman–Crippen MR) is 101 cm³/mol. The van der Waals surface area contributed by atoms with Crippen LogP contribution < -0.4 is 4.90 Å². The Morgan fingerprint density at radius 1 is 1.04 bits per heavy atom. The number of hydrogen-bond donors (Lipinski definition) is 0. The molecule has 0 fully saturated rings. The number of nitrogens with zero attached hydrogens (tertiary/aromatic N) is 1. The summed E-state index contributed by atoms with van der Waals surface area (Å²) < 4.78 is 19.2. The van der Waals surface area contributed by atoms with E-state index < -0.39 is 0 Å². The smallest absolute Gasteiger partial charge is 0.162 e. The molecule has 126 valence electrons. The number of thiophene rings is 1. The molecule has 1 atom stereocenters. The molecule has 4 rings (SSSR count). The Morgan fingerprint density at radius 2 is 1.80 bits per heavy atom. The first kappa shape index (κ1) is 16.2. The zero-order valence-corrected chi connectivity index (χ0v) is 14.8. The van der Waals surface area contributed by atoms with E-state index in [1.807, 2.05) is 30.3 Å². The molecule has 25 heavy (non-hydrogen) atoms. The maximum absolute atomic E-state index is 13.2. The van der Waals surface area contributed by atoms with E-state index in [2.05, 4.69) is 22.4 Å². The van der Waals surface area contributed by atoms with Crippen LogP contribution in [0.4, 0.5) is 10.1 Å². The average molecular weight is 372 g/mol. The van der Waals surface area contributed by atoms with E-state index in [4.69, 9.17) is 16.3 Å². The third kappa shape index (κ3) is 3.41. The van der Waals surface area contributed by atoms with Gasteiger partial charge in [0.15, 0.2) is 6.73 Å². The fourth-order valence-electron chi connectivity index (χ4n) is 2.86. The Labute approximate surface area is 154 Å². The van der Waals surface area contributed by atoms with Gasteiger partial charge in [-0.05, 0) is 66.1 Å². The van der Waals surface area contributed by atoms with Gasteiger partial charge in [0.2, 0.25) is 0 Å². The predicted octanol–water partition coefficient (Wildman–Crippen LogP) is 6.12. The largest absolute Gasteiger partial charge is 0.473 e. The van der Waals surface area contributed by atoms with Gasteiger partial charge in [0, 0.05) is 21.2 Å². The van der Waals surface area contributed by atoms with Gasteiger partial charge in [0.05, 0.1) is 6.04 Å². The van der Waals surface area contributed by atoms with Crippen LogP contribution >= 0.6 is 22.9 Å². The maximum atomic E-state index is 13.2. The Kier molecular flexibility index (Phi) is 4.47. The lowest BCUT2D eigenvalue weighted by molar-refractivity contribution is 0.252. The lowest BCUT2D eigenvalue weighted by atomic mass is 10.1. The molecule has 3 aromatic rings. The summed E-state index contributed by atoms with van der Waals surface area (Å²) in [4.78, 5) is 3.40. The monoisotopic (exact) mass is 371 g/mol. The standard InChI is InChI=1S/C20H15ClFNOS/c21-15-5-9-17(10-6-15)23-13-24-19(14-3-7-16(22)8-4-14)12-18(23)20-2-1-11-25-20/h1-12,18H,13H2. The summed E-state index contributed by atoms with van der Waals surface area (Å²) in [5.74, 6) is 0.515. The van der Waals surface area contributed by atoms with Gasteiger partial charge in [0.1, 0.15) is 11.6 Å². The molecule has 1 aliphatic rings.